The number of ether oxygens (including phenoxy) is 1. The fourth-order valence-electron chi connectivity index (χ4n) is 2.49. The topological polar surface area (TPSA) is 66.8 Å². The predicted octanol–water partition coefficient (Wildman–Crippen LogP) is 2.07. The van der Waals surface area contributed by atoms with E-state index in [1.165, 1.54) is 17.0 Å². The van der Waals surface area contributed by atoms with Crippen molar-refractivity contribution in [3.8, 4) is 0 Å². The Morgan fingerprint density at radius 1 is 1.45 bits per heavy atom. The van der Waals surface area contributed by atoms with Gasteiger partial charge in [0.15, 0.2) is 6.10 Å². The van der Waals surface area contributed by atoms with Crippen LogP contribution >= 0.6 is 11.6 Å². The largest absolute Gasteiger partial charge is 0.479 e. The fourth-order valence-corrected chi connectivity index (χ4v) is 2.65. The van der Waals surface area contributed by atoms with Crippen molar-refractivity contribution in [2.75, 3.05) is 19.7 Å². The summed E-state index contributed by atoms with van der Waals surface area (Å²) in [5, 5.41) is 9.25. The number of halogens is 2. The zero-order chi connectivity index (χ0) is 16.5. The highest BCUT2D eigenvalue weighted by atomic mass is 35.5. The molecule has 1 aromatic carbocycles. The molecule has 1 fully saturated rings. The monoisotopic (exact) mass is 329 g/mol. The van der Waals surface area contributed by atoms with Crippen LogP contribution in [0.15, 0.2) is 18.2 Å². The number of rotatable bonds is 3. The normalized spacial score (nSPS) is 19.1. The summed E-state index contributed by atoms with van der Waals surface area (Å²) in [6, 6.07) is 4.16. The summed E-state index contributed by atoms with van der Waals surface area (Å²) in [5.41, 5.74) is -0.907. The maximum atomic E-state index is 14.1. The second kappa shape index (κ2) is 6.22. The second-order valence-electron chi connectivity index (χ2n) is 5.70. The molecule has 1 N–H and O–H groups in total. The molecular weight excluding hydrogens is 313 g/mol. The number of aliphatic carboxylic acids is 1. The molecule has 1 aromatic rings. The molecule has 0 saturated carbocycles. The zero-order valence-electron chi connectivity index (χ0n) is 12.3. The lowest BCUT2D eigenvalue weighted by atomic mass is 9.82. The van der Waals surface area contributed by atoms with Gasteiger partial charge in [-0.1, -0.05) is 17.7 Å². The third-order valence-electron chi connectivity index (χ3n) is 3.77. The lowest BCUT2D eigenvalue weighted by Gasteiger charge is -2.36. The van der Waals surface area contributed by atoms with Gasteiger partial charge in [-0.3, -0.25) is 4.79 Å². The Morgan fingerprint density at radius 2 is 2.14 bits per heavy atom. The van der Waals surface area contributed by atoms with Crippen molar-refractivity contribution in [3.63, 3.8) is 0 Å². The van der Waals surface area contributed by atoms with E-state index in [9.17, 15) is 14.0 Å². The first-order chi connectivity index (χ1) is 10.2. The molecule has 1 heterocycles. The highest BCUT2D eigenvalue weighted by Gasteiger charge is 2.39. The van der Waals surface area contributed by atoms with Crippen LogP contribution in [0.25, 0.3) is 0 Å². The molecule has 0 aromatic heterocycles. The molecule has 1 aliphatic heterocycles. The number of carboxylic acid groups (broad SMARTS) is 1. The van der Waals surface area contributed by atoms with E-state index in [4.69, 9.17) is 21.4 Å². The summed E-state index contributed by atoms with van der Waals surface area (Å²) >= 11 is 5.73. The van der Waals surface area contributed by atoms with Crippen molar-refractivity contribution < 1.29 is 23.8 Å². The van der Waals surface area contributed by atoms with Crippen molar-refractivity contribution in [2.45, 2.75) is 25.4 Å². The van der Waals surface area contributed by atoms with Gasteiger partial charge in [-0.15, -0.1) is 0 Å². The van der Waals surface area contributed by atoms with Crippen LogP contribution in [-0.4, -0.2) is 47.7 Å². The van der Waals surface area contributed by atoms with Gasteiger partial charge in [-0.25, -0.2) is 9.18 Å². The smallest absolute Gasteiger partial charge is 0.334 e. The first-order valence-corrected chi connectivity index (χ1v) is 7.20. The fraction of sp³-hybridized carbons (Fsp3) is 0.467. The quantitative estimate of drug-likeness (QED) is 0.922. The van der Waals surface area contributed by atoms with E-state index in [0.29, 0.717) is 0 Å². The highest BCUT2D eigenvalue weighted by molar-refractivity contribution is 6.30. The van der Waals surface area contributed by atoms with Crippen LogP contribution in [-0.2, 0) is 19.7 Å². The van der Waals surface area contributed by atoms with Gasteiger partial charge in [0.2, 0.25) is 5.91 Å². The van der Waals surface area contributed by atoms with Crippen molar-refractivity contribution in [1.82, 2.24) is 4.90 Å². The van der Waals surface area contributed by atoms with E-state index in [1.54, 1.807) is 13.8 Å². The van der Waals surface area contributed by atoms with E-state index in [2.05, 4.69) is 0 Å². The summed E-state index contributed by atoms with van der Waals surface area (Å²) in [6.07, 6.45) is -1.05. The average molecular weight is 330 g/mol. The Bertz CT molecular complexity index is 605. The van der Waals surface area contributed by atoms with Crippen molar-refractivity contribution in [2.24, 2.45) is 0 Å². The Labute approximate surface area is 132 Å². The second-order valence-corrected chi connectivity index (χ2v) is 6.13. The summed E-state index contributed by atoms with van der Waals surface area (Å²) in [6.45, 7) is 3.58. The number of carbonyl (C=O) groups is 2. The Kier molecular flexibility index (Phi) is 4.72. The van der Waals surface area contributed by atoms with Gasteiger partial charge in [-0.2, -0.15) is 0 Å². The van der Waals surface area contributed by atoms with E-state index in [-0.39, 0.29) is 36.2 Å². The zero-order valence-corrected chi connectivity index (χ0v) is 13.1. The van der Waals surface area contributed by atoms with Gasteiger partial charge >= 0.3 is 5.97 Å². The van der Waals surface area contributed by atoms with E-state index in [0.717, 1.165) is 6.07 Å². The van der Waals surface area contributed by atoms with Crippen LogP contribution in [0.5, 0.6) is 0 Å². The van der Waals surface area contributed by atoms with Crippen LogP contribution in [0.1, 0.15) is 19.4 Å². The van der Waals surface area contributed by atoms with Crippen LogP contribution in [0.2, 0.25) is 5.02 Å². The van der Waals surface area contributed by atoms with Crippen molar-refractivity contribution in [1.29, 1.82) is 0 Å². The first kappa shape index (κ1) is 16.7. The van der Waals surface area contributed by atoms with Gasteiger partial charge in [-0.05, 0) is 26.0 Å². The lowest BCUT2D eigenvalue weighted by Crippen LogP contribution is -2.53. The molecule has 0 aliphatic carbocycles. The van der Waals surface area contributed by atoms with Gasteiger partial charge in [0, 0.05) is 17.1 Å². The summed E-state index contributed by atoms with van der Waals surface area (Å²) < 4.78 is 19.2. The molecular formula is C15H17ClFNO4. The van der Waals surface area contributed by atoms with Crippen LogP contribution < -0.4 is 0 Å². The standard InChI is InChI=1S/C15H17ClFNO4/c1-15(2,10-4-3-9(16)7-11(10)17)14(21)18-5-6-22-12(8-18)13(19)20/h3-4,7,12H,5-6,8H2,1-2H3,(H,19,20). The molecule has 22 heavy (non-hydrogen) atoms. The van der Waals surface area contributed by atoms with E-state index in [1.807, 2.05) is 0 Å². The molecule has 2 rings (SSSR count). The van der Waals surface area contributed by atoms with Gasteiger partial charge in [0.05, 0.1) is 18.6 Å². The minimum absolute atomic E-state index is 0.0488. The molecule has 1 atom stereocenters. The Hall–Kier alpha value is -1.66. The molecule has 1 amide bonds. The van der Waals surface area contributed by atoms with E-state index >= 15 is 0 Å². The SMILES string of the molecule is CC(C)(C(=O)N1CCOC(C(=O)O)C1)c1ccc(Cl)cc1F. The number of nitrogens with zero attached hydrogens (tertiary/aromatic N) is 1. The molecule has 5 nitrogen and oxygen atoms in total. The lowest BCUT2D eigenvalue weighted by molar-refractivity contribution is -0.160. The van der Waals surface area contributed by atoms with Crippen LogP contribution in [0.3, 0.4) is 0 Å². The summed E-state index contributed by atoms with van der Waals surface area (Å²) in [4.78, 5) is 25.1. The minimum Gasteiger partial charge on any atom is -0.479 e. The predicted molar refractivity (Wildman–Crippen MR) is 78.4 cm³/mol. The highest BCUT2D eigenvalue weighted by Crippen LogP contribution is 2.30. The number of benzene rings is 1. The molecule has 1 saturated heterocycles. The van der Waals surface area contributed by atoms with Crippen LogP contribution in [0, 0.1) is 5.82 Å². The number of hydrogen-bond acceptors (Lipinski definition) is 3. The minimum atomic E-state index is -1.13. The maximum Gasteiger partial charge on any atom is 0.334 e. The Morgan fingerprint density at radius 3 is 2.73 bits per heavy atom. The molecule has 7 heteroatoms. The average Bonchev–Trinajstić information content (AvgIpc) is 2.46. The number of carbonyl (C=O) groups excluding carboxylic acids is 1. The maximum absolute atomic E-state index is 14.1. The number of amides is 1. The summed E-state index contributed by atoms with van der Waals surface area (Å²) in [5.74, 6) is -2.02. The van der Waals surface area contributed by atoms with Crippen molar-refractivity contribution in [3.05, 3.63) is 34.6 Å². The molecule has 1 unspecified atom stereocenters. The van der Waals surface area contributed by atoms with Crippen LogP contribution in [0.4, 0.5) is 4.39 Å². The van der Waals surface area contributed by atoms with E-state index < -0.39 is 23.3 Å². The number of morpholine rings is 1. The Balaban J connectivity index is 2.24. The van der Waals surface area contributed by atoms with Gasteiger partial charge in [0.1, 0.15) is 5.82 Å². The molecule has 0 spiro atoms. The van der Waals surface area contributed by atoms with Crippen molar-refractivity contribution >= 4 is 23.5 Å². The van der Waals surface area contributed by atoms with Gasteiger partial charge in [0.25, 0.3) is 0 Å². The molecule has 120 valence electrons. The third kappa shape index (κ3) is 3.23. The third-order valence-corrected chi connectivity index (χ3v) is 4.00. The molecule has 0 radical (unpaired) electrons. The van der Waals surface area contributed by atoms with Gasteiger partial charge < -0.3 is 14.7 Å². The summed E-state index contributed by atoms with van der Waals surface area (Å²) in [7, 11) is 0. The first-order valence-electron chi connectivity index (χ1n) is 6.83. The molecule has 0 bridgehead atoms. The number of carboxylic acids is 1. The number of hydrogen-bond donors (Lipinski definition) is 1. The molecule has 1 aliphatic rings.